The van der Waals surface area contributed by atoms with Gasteiger partial charge < -0.3 is 0 Å². The molecule has 2 atom stereocenters. The van der Waals surface area contributed by atoms with E-state index in [0.717, 1.165) is 22.5 Å². The zero-order chi connectivity index (χ0) is 14.8. The molecule has 4 rings (SSSR count). The van der Waals surface area contributed by atoms with Crippen LogP contribution in [0.25, 0.3) is 5.70 Å². The summed E-state index contributed by atoms with van der Waals surface area (Å²) in [6, 6.07) is 20.1. The summed E-state index contributed by atoms with van der Waals surface area (Å²) >= 11 is 0. The van der Waals surface area contributed by atoms with Crippen molar-refractivity contribution in [1.82, 2.24) is 0 Å². The molecule has 0 aliphatic carbocycles. The average molecular weight is 286 g/mol. The van der Waals surface area contributed by atoms with Crippen molar-refractivity contribution in [1.29, 1.82) is 0 Å². The predicted molar refractivity (Wildman–Crippen MR) is 85.2 cm³/mol. The lowest BCUT2D eigenvalue weighted by atomic mass is 10.1. The van der Waals surface area contributed by atoms with Crippen molar-refractivity contribution in [3.8, 4) is 0 Å². The lowest BCUT2D eigenvalue weighted by Crippen LogP contribution is -1.98. The fraction of sp³-hybridized carbons (Fsp3) is 0.111. The molecule has 0 aromatic heterocycles. The number of hydrogen-bond acceptors (Lipinski definition) is 4. The van der Waals surface area contributed by atoms with Crippen LogP contribution in [0.15, 0.2) is 99.0 Å². The third-order valence-corrected chi connectivity index (χ3v) is 3.75. The van der Waals surface area contributed by atoms with Crippen LogP contribution in [-0.2, 0) is 0 Å². The molecule has 2 aromatic carbocycles. The third-order valence-electron chi connectivity index (χ3n) is 3.75. The van der Waals surface area contributed by atoms with Gasteiger partial charge in [0.05, 0.1) is 11.4 Å². The Morgan fingerprint density at radius 1 is 0.636 bits per heavy atom. The smallest absolute Gasteiger partial charge is 0.135 e. The monoisotopic (exact) mass is 286 g/mol. The molecule has 0 spiro atoms. The van der Waals surface area contributed by atoms with Gasteiger partial charge in [0.15, 0.2) is 0 Å². The van der Waals surface area contributed by atoms with Gasteiger partial charge in [-0.15, -0.1) is 0 Å². The van der Waals surface area contributed by atoms with Gasteiger partial charge in [-0.25, -0.2) is 0 Å². The summed E-state index contributed by atoms with van der Waals surface area (Å²) < 4.78 is 0. The molecule has 0 bridgehead atoms. The second-order valence-electron chi connectivity index (χ2n) is 5.24. The minimum absolute atomic E-state index is 0.0134. The predicted octanol–water partition coefficient (Wildman–Crippen LogP) is 4.95. The highest BCUT2D eigenvalue weighted by molar-refractivity contribution is 5.66. The summed E-state index contributed by atoms with van der Waals surface area (Å²) in [4.78, 5) is 0. The molecule has 4 nitrogen and oxygen atoms in total. The minimum atomic E-state index is -0.132. The Kier molecular flexibility index (Phi) is 3.20. The number of hydrogen-bond donors (Lipinski definition) is 0. The molecule has 22 heavy (non-hydrogen) atoms. The van der Waals surface area contributed by atoms with Gasteiger partial charge >= 0.3 is 0 Å². The quantitative estimate of drug-likeness (QED) is 0.766. The van der Waals surface area contributed by atoms with Crippen LogP contribution in [0.3, 0.4) is 0 Å². The third kappa shape index (κ3) is 2.39. The van der Waals surface area contributed by atoms with E-state index in [0.29, 0.717) is 0 Å². The van der Waals surface area contributed by atoms with Crippen molar-refractivity contribution in [2.75, 3.05) is 0 Å². The molecule has 0 saturated carbocycles. The average Bonchev–Trinajstić information content (AvgIpc) is 3.26. The molecule has 0 amide bonds. The highest BCUT2D eigenvalue weighted by Gasteiger charge is 2.23. The molecule has 0 fully saturated rings. The van der Waals surface area contributed by atoms with Gasteiger partial charge in [0, 0.05) is 5.56 Å². The van der Waals surface area contributed by atoms with Gasteiger partial charge in [-0.3, -0.25) is 0 Å². The molecular formula is C18H14N4. The molecule has 2 aromatic rings. The summed E-state index contributed by atoms with van der Waals surface area (Å²) in [6.07, 6.45) is 4.09. The molecular weight excluding hydrogens is 272 g/mol. The van der Waals surface area contributed by atoms with Gasteiger partial charge in [-0.2, -0.15) is 20.5 Å². The molecule has 4 heteroatoms. The Bertz CT molecular complexity index is 788. The number of azo groups is 2. The van der Waals surface area contributed by atoms with Crippen LogP contribution in [0.2, 0.25) is 0 Å². The summed E-state index contributed by atoms with van der Waals surface area (Å²) in [7, 11) is 0. The van der Waals surface area contributed by atoms with Crippen LogP contribution in [-0.4, -0.2) is 6.04 Å². The Hall–Kier alpha value is -2.88. The Labute approximate surface area is 128 Å². The Morgan fingerprint density at radius 2 is 1.32 bits per heavy atom. The van der Waals surface area contributed by atoms with Gasteiger partial charge in [-0.05, 0) is 17.7 Å². The van der Waals surface area contributed by atoms with E-state index >= 15 is 0 Å². The number of benzene rings is 2. The topological polar surface area (TPSA) is 49.4 Å². The van der Waals surface area contributed by atoms with Gasteiger partial charge in [-0.1, -0.05) is 60.7 Å². The summed E-state index contributed by atoms with van der Waals surface area (Å²) in [5.74, 6) is 0. The van der Waals surface area contributed by atoms with E-state index in [4.69, 9.17) is 0 Å². The lowest BCUT2D eigenvalue weighted by Gasteiger charge is -2.02. The molecule has 0 N–H and O–H groups in total. The van der Waals surface area contributed by atoms with Crippen LogP contribution >= 0.6 is 0 Å². The molecule has 106 valence electrons. The van der Waals surface area contributed by atoms with E-state index in [-0.39, 0.29) is 12.1 Å². The second-order valence-corrected chi connectivity index (χ2v) is 5.24. The fourth-order valence-corrected chi connectivity index (χ4v) is 2.58. The fourth-order valence-electron chi connectivity index (χ4n) is 2.58. The Morgan fingerprint density at radius 3 is 2.09 bits per heavy atom. The van der Waals surface area contributed by atoms with E-state index in [1.54, 1.807) is 0 Å². The van der Waals surface area contributed by atoms with Crippen LogP contribution in [0.5, 0.6) is 0 Å². The molecule has 2 aliphatic heterocycles. The number of rotatable bonds is 3. The maximum absolute atomic E-state index is 4.33. The van der Waals surface area contributed by atoms with Crippen molar-refractivity contribution in [2.24, 2.45) is 20.5 Å². The summed E-state index contributed by atoms with van der Waals surface area (Å²) in [5, 5.41) is 17.2. The highest BCUT2D eigenvalue weighted by Crippen LogP contribution is 2.33. The normalized spacial score (nSPS) is 22.7. The molecule has 0 radical (unpaired) electrons. The largest absolute Gasteiger partial charge is 0.176 e. The van der Waals surface area contributed by atoms with E-state index in [1.807, 2.05) is 54.6 Å². The van der Waals surface area contributed by atoms with Crippen molar-refractivity contribution >= 4 is 5.70 Å². The SMILES string of the molecule is C1=C(c2ccccc2)N=N[C@H]1C1=C[C@@H](c2ccccc2)N=N1. The Balaban J connectivity index is 1.57. The van der Waals surface area contributed by atoms with Crippen LogP contribution < -0.4 is 0 Å². The zero-order valence-electron chi connectivity index (χ0n) is 11.9. The van der Waals surface area contributed by atoms with Crippen LogP contribution in [0.1, 0.15) is 17.2 Å². The first-order valence-electron chi connectivity index (χ1n) is 7.26. The van der Waals surface area contributed by atoms with Crippen molar-refractivity contribution in [3.05, 3.63) is 89.6 Å². The van der Waals surface area contributed by atoms with Gasteiger partial charge in [0.2, 0.25) is 0 Å². The van der Waals surface area contributed by atoms with Crippen molar-refractivity contribution in [2.45, 2.75) is 12.1 Å². The van der Waals surface area contributed by atoms with Crippen molar-refractivity contribution in [3.63, 3.8) is 0 Å². The first-order valence-corrected chi connectivity index (χ1v) is 7.26. The lowest BCUT2D eigenvalue weighted by molar-refractivity contribution is 0.863. The summed E-state index contributed by atoms with van der Waals surface area (Å²) in [5.41, 5.74) is 3.97. The molecule has 2 aliphatic rings. The first-order chi connectivity index (χ1) is 10.9. The van der Waals surface area contributed by atoms with Crippen LogP contribution in [0.4, 0.5) is 0 Å². The maximum Gasteiger partial charge on any atom is 0.135 e. The molecule has 2 heterocycles. The zero-order valence-corrected chi connectivity index (χ0v) is 11.9. The van der Waals surface area contributed by atoms with E-state index in [2.05, 4.69) is 38.7 Å². The van der Waals surface area contributed by atoms with Crippen LogP contribution in [0, 0.1) is 0 Å². The van der Waals surface area contributed by atoms with Gasteiger partial charge in [0.1, 0.15) is 12.1 Å². The summed E-state index contributed by atoms with van der Waals surface area (Å²) in [6.45, 7) is 0. The minimum Gasteiger partial charge on any atom is -0.176 e. The second kappa shape index (κ2) is 5.48. The van der Waals surface area contributed by atoms with E-state index in [9.17, 15) is 0 Å². The standard InChI is InChI=1S/C18H14N4/c1-3-7-13(8-4-1)15-11-17(21-19-15)18-12-16(20-22-18)14-9-5-2-6-10-14/h1-12,15,18H/t15-,18+/m0/s1. The van der Waals surface area contributed by atoms with E-state index < -0.39 is 0 Å². The molecule has 0 unspecified atom stereocenters. The maximum atomic E-state index is 4.33. The molecule has 0 saturated heterocycles. The van der Waals surface area contributed by atoms with Gasteiger partial charge in [0.25, 0.3) is 0 Å². The first kappa shape index (κ1) is 12.8. The number of nitrogens with zero attached hydrogens (tertiary/aromatic N) is 4. The van der Waals surface area contributed by atoms with Crippen molar-refractivity contribution < 1.29 is 0 Å². The highest BCUT2D eigenvalue weighted by atomic mass is 15.2. The van der Waals surface area contributed by atoms with E-state index in [1.165, 1.54) is 0 Å².